The number of benzene rings is 1. The van der Waals surface area contributed by atoms with Crippen LogP contribution in [0, 0.1) is 0 Å². The van der Waals surface area contributed by atoms with Gasteiger partial charge in [0.2, 0.25) is 0 Å². The van der Waals surface area contributed by atoms with E-state index < -0.39 is 17.2 Å². The van der Waals surface area contributed by atoms with Crippen molar-refractivity contribution in [1.29, 1.82) is 0 Å². The second-order valence-corrected chi connectivity index (χ2v) is 8.49. The van der Waals surface area contributed by atoms with Crippen molar-refractivity contribution in [2.24, 2.45) is 0 Å². The van der Waals surface area contributed by atoms with E-state index in [1.165, 1.54) is 4.90 Å². The van der Waals surface area contributed by atoms with Crippen molar-refractivity contribution in [1.82, 2.24) is 4.90 Å². The normalized spacial score (nSPS) is 18.4. The summed E-state index contributed by atoms with van der Waals surface area (Å²) >= 11 is 0. The van der Waals surface area contributed by atoms with Gasteiger partial charge in [-0.2, -0.15) is 0 Å². The van der Waals surface area contributed by atoms with Crippen LogP contribution in [0.4, 0.5) is 4.79 Å². The SMILES string of the molecule is CN(C(=O)OC(C)(C)C)C(C)(C=O)c1ccc2c(c1)CCC(C)(C)O2. The summed E-state index contributed by atoms with van der Waals surface area (Å²) in [5, 5.41) is 0. The van der Waals surface area contributed by atoms with Crippen LogP contribution in [0.2, 0.25) is 0 Å². The largest absolute Gasteiger partial charge is 0.488 e. The molecule has 0 spiro atoms. The maximum atomic E-state index is 12.4. The molecule has 0 bridgehead atoms. The van der Waals surface area contributed by atoms with Crippen molar-refractivity contribution < 1.29 is 19.1 Å². The number of rotatable bonds is 3. The fourth-order valence-corrected chi connectivity index (χ4v) is 2.83. The number of likely N-dealkylation sites (N-methyl/N-ethyl adjacent to an activating group) is 1. The van der Waals surface area contributed by atoms with Gasteiger partial charge in [-0.15, -0.1) is 0 Å². The van der Waals surface area contributed by atoms with Crippen molar-refractivity contribution in [2.75, 3.05) is 7.05 Å². The molecule has 1 aromatic rings. The van der Waals surface area contributed by atoms with Gasteiger partial charge in [-0.25, -0.2) is 4.79 Å². The Labute approximate surface area is 150 Å². The first-order chi connectivity index (χ1) is 11.4. The number of aryl methyl sites for hydroxylation is 1. The van der Waals surface area contributed by atoms with Gasteiger partial charge < -0.3 is 14.3 Å². The van der Waals surface area contributed by atoms with Crippen molar-refractivity contribution in [3.8, 4) is 5.75 Å². The molecule has 0 saturated carbocycles. The predicted molar refractivity (Wildman–Crippen MR) is 96.9 cm³/mol. The molecule has 1 aliphatic heterocycles. The lowest BCUT2D eigenvalue weighted by atomic mass is 9.87. The maximum absolute atomic E-state index is 12.4. The van der Waals surface area contributed by atoms with Gasteiger partial charge in [-0.05, 0) is 77.6 Å². The Bertz CT molecular complexity index is 675. The standard InChI is InChI=1S/C20H29NO4/c1-18(2,3)25-17(23)21(7)20(6,13-22)15-8-9-16-14(12-15)10-11-19(4,5)24-16/h8-9,12-13H,10-11H2,1-7H3. The van der Waals surface area contributed by atoms with E-state index in [-0.39, 0.29) is 5.60 Å². The first kappa shape index (κ1) is 19.3. The van der Waals surface area contributed by atoms with Crippen molar-refractivity contribution in [3.05, 3.63) is 29.3 Å². The molecule has 1 aliphatic rings. The summed E-state index contributed by atoms with van der Waals surface area (Å²) in [6.45, 7) is 11.3. The van der Waals surface area contributed by atoms with Crippen LogP contribution < -0.4 is 4.74 Å². The quantitative estimate of drug-likeness (QED) is 0.774. The highest BCUT2D eigenvalue weighted by molar-refractivity contribution is 5.78. The highest BCUT2D eigenvalue weighted by Crippen LogP contribution is 2.36. The average Bonchev–Trinajstić information content (AvgIpc) is 2.50. The second kappa shape index (κ2) is 6.36. The zero-order chi connectivity index (χ0) is 19.0. The molecule has 1 heterocycles. The van der Waals surface area contributed by atoms with Crippen LogP contribution in [-0.4, -0.2) is 35.5 Å². The topological polar surface area (TPSA) is 55.8 Å². The van der Waals surface area contributed by atoms with Gasteiger partial charge >= 0.3 is 6.09 Å². The molecule has 1 atom stereocenters. The molecule has 0 N–H and O–H groups in total. The van der Waals surface area contributed by atoms with Crippen molar-refractivity contribution in [3.63, 3.8) is 0 Å². The molecule has 1 amide bonds. The van der Waals surface area contributed by atoms with E-state index in [9.17, 15) is 9.59 Å². The smallest absolute Gasteiger partial charge is 0.411 e. The summed E-state index contributed by atoms with van der Waals surface area (Å²) in [7, 11) is 1.58. The van der Waals surface area contributed by atoms with Gasteiger partial charge in [0.05, 0.1) is 0 Å². The Morgan fingerprint density at radius 1 is 1.28 bits per heavy atom. The highest BCUT2D eigenvalue weighted by Gasteiger charge is 2.38. The molecule has 5 nitrogen and oxygen atoms in total. The van der Waals surface area contributed by atoms with E-state index in [4.69, 9.17) is 9.47 Å². The summed E-state index contributed by atoms with van der Waals surface area (Å²) in [5.74, 6) is 0.841. The number of hydrogen-bond acceptors (Lipinski definition) is 4. The summed E-state index contributed by atoms with van der Waals surface area (Å²) < 4.78 is 11.4. The number of carbonyl (C=O) groups is 2. The first-order valence-corrected chi connectivity index (χ1v) is 8.63. The Hall–Kier alpha value is -2.04. The number of carbonyl (C=O) groups excluding carboxylic acids is 2. The minimum Gasteiger partial charge on any atom is -0.488 e. The molecule has 25 heavy (non-hydrogen) atoms. The lowest BCUT2D eigenvalue weighted by Gasteiger charge is -2.37. The molecule has 5 heteroatoms. The molecule has 138 valence electrons. The first-order valence-electron chi connectivity index (χ1n) is 8.63. The monoisotopic (exact) mass is 347 g/mol. The molecular weight excluding hydrogens is 318 g/mol. The van der Waals surface area contributed by atoms with Gasteiger partial charge in [0.1, 0.15) is 28.8 Å². The fourth-order valence-electron chi connectivity index (χ4n) is 2.83. The minimum absolute atomic E-state index is 0.185. The van der Waals surface area contributed by atoms with Gasteiger partial charge in [-0.1, -0.05) is 6.07 Å². The van der Waals surface area contributed by atoms with Crippen LogP contribution in [0.1, 0.15) is 59.1 Å². The molecule has 0 aliphatic carbocycles. The van der Waals surface area contributed by atoms with Gasteiger partial charge in [0.25, 0.3) is 0 Å². The Morgan fingerprint density at radius 3 is 2.48 bits per heavy atom. The number of amides is 1. The molecule has 0 radical (unpaired) electrons. The van der Waals surface area contributed by atoms with Crippen LogP contribution >= 0.6 is 0 Å². The van der Waals surface area contributed by atoms with Crippen LogP contribution in [0.15, 0.2) is 18.2 Å². The average molecular weight is 347 g/mol. The minimum atomic E-state index is -1.11. The summed E-state index contributed by atoms with van der Waals surface area (Å²) in [6.07, 6.45) is 2.04. The number of nitrogens with zero attached hydrogens (tertiary/aromatic N) is 1. The summed E-state index contributed by atoms with van der Waals surface area (Å²) in [6, 6.07) is 5.69. The van der Waals surface area contributed by atoms with E-state index in [0.717, 1.165) is 36.0 Å². The lowest BCUT2D eigenvalue weighted by Crippen LogP contribution is -2.48. The molecule has 2 rings (SSSR count). The Kier molecular flexibility index (Phi) is 4.90. The summed E-state index contributed by atoms with van der Waals surface area (Å²) in [5.41, 5.74) is -0.106. The summed E-state index contributed by atoms with van der Waals surface area (Å²) in [4.78, 5) is 25.7. The van der Waals surface area contributed by atoms with Crippen LogP contribution in [0.25, 0.3) is 0 Å². The van der Waals surface area contributed by atoms with Gasteiger partial charge in [-0.3, -0.25) is 4.90 Å². The second-order valence-electron chi connectivity index (χ2n) is 8.49. The fraction of sp³-hybridized carbons (Fsp3) is 0.600. The molecular formula is C20H29NO4. The number of fused-ring (bicyclic) bond motifs is 1. The van der Waals surface area contributed by atoms with Crippen LogP contribution in [-0.2, 0) is 21.5 Å². The highest BCUT2D eigenvalue weighted by atomic mass is 16.6. The third-order valence-corrected chi connectivity index (χ3v) is 4.62. The molecule has 0 saturated heterocycles. The van der Waals surface area contributed by atoms with Crippen LogP contribution in [0.5, 0.6) is 5.75 Å². The van der Waals surface area contributed by atoms with E-state index in [2.05, 4.69) is 13.8 Å². The number of ether oxygens (including phenoxy) is 2. The number of hydrogen-bond donors (Lipinski definition) is 0. The van der Waals surface area contributed by atoms with Crippen molar-refractivity contribution >= 4 is 12.4 Å². The van der Waals surface area contributed by atoms with Crippen molar-refractivity contribution in [2.45, 2.75) is 71.1 Å². The molecule has 0 fully saturated rings. The predicted octanol–water partition coefficient (Wildman–Crippen LogP) is 4.07. The van der Waals surface area contributed by atoms with Crippen LogP contribution in [0.3, 0.4) is 0 Å². The third kappa shape index (κ3) is 4.14. The van der Waals surface area contributed by atoms with E-state index in [0.29, 0.717) is 0 Å². The molecule has 1 aromatic carbocycles. The molecule has 1 unspecified atom stereocenters. The lowest BCUT2D eigenvalue weighted by molar-refractivity contribution is -0.117. The van der Waals surface area contributed by atoms with E-state index >= 15 is 0 Å². The third-order valence-electron chi connectivity index (χ3n) is 4.62. The Balaban J connectivity index is 2.33. The zero-order valence-corrected chi connectivity index (χ0v) is 16.3. The number of aldehydes is 1. The maximum Gasteiger partial charge on any atom is 0.411 e. The zero-order valence-electron chi connectivity index (χ0n) is 16.3. The van der Waals surface area contributed by atoms with Gasteiger partial charge in [0, 0.05) is 7.05 Å². The van der Waals surface area contributed by atoms with E-state index in [1.54, 1.807) is 34.7 Å². The Morgan fingerprint density at radius 2 is 1.92 bits per heavy atom. The van der Waals surface area contributed by atoms with E-state index in [1.807, 2.05) is 18.2 Å². The molecule has 0 aromatic heterocycles. The van der Waals surface area contributed by atoms with Gasteiger partial charge in [0.15, 0.2) is 0 Å².